The number of nitrogens with two attached hydrogens (primary N) is 2. The van der Waals surface area contributed by atoms with Gasteiger partial charge in [-0.1, -0.05) is 54.6 Å². The lowest BCUT2D eigenvalue weighted by atomic mass is 9.98. The molecule has 654 valence electrons. The van der Waals surface area contributed by atoms with Crippen molar-refractivity contribution in [1.29, 1.82) is 0 Å². The Balaban J connectivity index is 0.000000189. The van der Waals surface area contributed by atoms with Crippen LogP contribution in [0.2, 0.25) is 0 Å². The van der Waals surface area contributed by atoms with Crippen molar-refractivity contribution in [3.05, 3.63) is 116 Å². The van der Waals surface area contributed by atoms with Crippen molar-refractivity contribution in [3.63, 3.8) is 0 Å². The van der Waals surface area contributed by atoms with Crippen molar-refractivity contribution in [2.45, 2.75) is 199 Å². The first kappa shape index (κ1) is 92.4. The number of nitrogens with one attached hydrogen (secondary N) is 6. The number of rotatable bonds is 33. The van der Waals surface area contributed by atoms with E-state index in [4.69, 9.17) is 67.0 Å². The van der Waals surface area contributed by atoms with E-state index in [0.29, 0.717) is 45.5 Å². The normalized spacial score (nSPS) is 25.1. The molecule has 0 aliphatic carbocycles. The molecule has 12 rings (SSSR count). The lowest BCUT2D eigenvalue weighted by Gasteiger charge is -2.25. The van der Waals surface area contributed by atoms with Crippen LogP contribution in [0, 0.1) is 6.92 Å². The summed E-state index contributed by atoms with van der Waals surface area (Å²) >= 11 is 0. The molecule has 3 saturated heterocycles. The summed E-state index contributed by atoms with van der Waals surface area (Å²) in [5.41, 5.74) is 6.27. The van der Waals surface area contributed by atoms with Crippen molar-refractivity contribution >= 4 is 104 Å². The van der Waals surface area contributed by atoms with Gasteiger partial charge < -0.3 is 84.7 Å². The third-order valence-electron chi connectivity index (χ3n) is 18.3. The number of benzene rings is 3. The van der Waals surface area contributed by atoms with Gasteiger partial charge in [-0.3, -0.25) is 41.7 Å². The smallest absolute Gasteiger partial charge is 0.459 e. The maximum Gasteiger partial charge on any atom is 0.459 e. The topological polar surface area (TPSA) is 529 Å². The van der Waals surface area contributed by atoms with Gasteiger partial charge >= 0.3 is 41.1 Å². The average molecular weight is 1740 g/mol. The number of esters is 3. The second kappa shape index (κ2) is 38.5. The Morgan fingerprint density at radius 3 is 0.967 bits per heavy atom. The van der Waals surface area contributed by atoms with Crippen LogP contribution in [0.25, 0.3) is 33.5 Å². The summed E-state index contributed by atoms with van der Waals surface area (Å²) in [5, 5.41) is 48.9. The minimum absolute atomic E-state index is 0.0761. The van der Waals surface area contributed by atoms with Crippen LogP contribution in [0.15, 0.2) is 110 Å². The maximum atomic E-state index is 16.0. The first-order valence-corrected chi connectivity index (χ1v) is 42.4. The Morgan fingerprint density at radius 2 is 0.708 bits per heavy atom. The van der Waals surface area contributed by atoms with E-state index in [0.717, 1.165) is 13.8 Å². The number of aliphatic hydroxyl groups excluding tert-OH is 3. The average Bonchev–Trinajstić information content (AvgIpc) is 1.60. The molecule has 41 nitrogen and oxygen atoms in total. The predicted octanol–water partition coefficient (Wildman–Crippen LogP) is 8.44. The third kappa shape index (κ3) is 21.7. The standard InChI is InChI=1S/C25H34FN6O7P.2C24H33FN7O7P/c1-14(2)37-23(34)15(3)31-40(35,39-17-10-8-7-9-11-17)36-12-18-20(33)25(5,26)24(38-18)32-13-28-19-21(27-6)29-16(4)30-22(19)32;2*1-13(2)37-21(34)14(3)31-40(35,39-15-9-7-6-8-10-15)36-11-16-18(33)24(4,25)22(38-16)32-12-28-17-19(27-5)29-23(26)30-20(17)32/h7-11,13-15,18,20,24,33H,12H2,1-6H3,(H,31,35)(H,27,29,30);2*6-10,12-14,16,18,22,33H,11H2,1-5H3,(H,31,35)(H3,26,27,29,30)/t15-,18-,20-,24-,25-,40-;14-,16-,18-,22-,24-,40?;14-,16-,18-,22-,24-,40+/m111/s1. The number of carbonyl (C=O) groups excluding carboxylic acids is 3. The van der Waals surface area contributed by atoms with E-state index in [9.17, 15) is 43.4 Å². The number of alkyl halides is 3. The van der Waals surface area contributed by atoms with Gasteiger partial charge in [0.2, 0.25) is 11.9 Å². The monoisotopic (exact) mass is 1740 g/mol. The summed E-state index contributed by atoms with van der Waals surface area (Å²) in [6, 6.07) is 21.2. The molecule has 13 N–H and O–H groups in total. The molecule has 47 heteroatoms. The molecule has 0 spiro atoms. The molecule has 1 unspecified atom stereocenters. The Hall–Kier alpha value is -9.88. The number of nitrogens with zero attached hydrogens (tertiary/aromatic N) is 12. The number of ether oxygens (including phenoxy) is 6. The molecule has 3 aromatic carbocycles. The number of aromatic nitrogens is 12. The van der Waals surface area contributed by atoms with Crippen LogP contribution in [0.5, 0.6) is 17.2 Å². The number of aliphatic hydroxyl groups is 3. The van der Waals surface area contributed by atoms with Gasteiger partial charge in [-0.15, -0.1) is 0 Å². The number of anilines is 5. The molecule has 6 aromatic heterocycles. The maximum absolute atomic E-state index is 16.0. The molecule has 0 radical (unpaired) electrons. The van der Waals surface area contributed by atoms with E-state index in [1.54, 1.807) is 161 Å². The van der Waals surface area contributed by atoms with Crippen LogP contribution in [0.1, 0.15) is 108 Å². The van der Waals surface area contributed by atoms with E-state index < -0.39 is 170 Å². The SMILES string of the molecule is CNc1nc(C)nc2c1ncn2[C@@H]1O[C@H](CO[P@](=O)(N[C@H](C)C(=O)OC(C)C)Oc2ccccc2)[C@@H](O)[C@@]1(C)F.CNc1nc(N)nc2c1ncn2[C@@H]1O[C@H](COP(=O)(N[C@H](C)C(=O)OC(C)C)Oc2ccccc2)[C@@H](O)[C@@]1(C)F.CNc1nc(N)nc2c1ncn2[C@@H]1O[C@H](CO[P@@](=O)(N[C@H](C)C(=O)OC(C)C)Oc2ccccc2)[C@@H](O)[C@@]1(C)F. The van der Waals surface area contributed by atoms with Gasteiger partial charge in [-0.05, 0) is 126 Å². The fourth-order valence-electron chi connectivity index (χ4n) is 12.5. The van der Waals surface area contributed by atoms with Crippen LogP contribution < -0.4 is 56.3 Å². The highest BCUT2D eigenvalue weighted by molar-refractivity contribution is 7.52. The number of hydrogen-bond acceptors (Lipinski definition) is 35. The van der Waals surface area contributed by atoms with E-state index in [1.165, 1.54) is 60.4 Å². The summed E-state index contributed by atoms with van der Waals surface area (Å²) < 4.78 is 160. The number of carbonyl (C=O) groups is 3. The molecule has 3 aliphatic heterocycles. The molecule has 120 heavy (non-hydrogen) atoms. The molecule has 0 saturated carbocycles. The van der Waals surface area contributed by atoms with Crippen LogP contribution in [0.3, 0.4) is 0 Å². The van der Waals surface area contributed by atoms with E-state index >= 15 is 13.2 Å². The van der Waals surface area contributed by atoms with E-state index in [-0.39, 0.29) is 40.4 Å². The van der Waals surface area contributed by atoms with Crippen molar-refractivity contribution in [3.8, 4) is 17.2 Å². The second-order valence-electron chi connectivity index (χ2n) is 29.2. The fourth-order valence-corrected chi connectivity index (χ4v) is 17.0. The van der Waals surface area contributed by atoms with Crippen LogP contribution >= 0.6 is 23.2 Å². The van der Waals surface area contributed by atoms with Gasteiger partial charge in [0.05, 0.1) is 57.1 Å². The van der Waals surface area contributed by atoms with Crippen LogP contribution in [-0.2, 0) is 70.1 Å². The van der Waals surface area contributed by atoms with Gasteiger partial charge in [0.1, 0.15) is 77.8 Å². The van der Waals surface area contributed by atoms with Gasteiger partial charge in [-0.25, -0.2) is 51.8 Å². The van der Waals surface area contributed by atoms with Crippen LogP contribution in [0.4, 0.5) is 42.5 Å². The molecule has 0 amide bonds. The first-order valence-electron chi connectivity index (χ1n) is 37.8. The number of aryl methyl sites for hydroxylation is 1. The Labute approximate surface area is 687 Å². The minimum atomic E-state index is -4.28. The quantitative estimate of drug-likeness (QED) is 0.0104. The molecule has 9 heterocycles. The molecular formula is C73H100F3N20O21P3. The number of hydrogen-bond donors (Lipinski definition) is 11. The Kier molecular flexibility index (Phi) is 29.6. The fraction of sp³-hybridized carbons (Fsp3) is 0.507. The summed E-state index contributed by atoms with van der Waals surface area (Å²) in [4.78, 5) is 75.0. The van der Waals surface area contributed by atoms with Crippen molar-refractivity contribution in [2.75, 3.05) is 68.4 Å². The first-order chi connectivity index (χ1) is 56.5. The lowest BCUT2D eigenvalue weighted by molar-refractivity contribution is -0.150. The number of imidazole rings is 3. The molecular weight excluding hydrogens is 1640 g/mol. The molecule has 9 aromatic rings. The highest BCUT2D eigenvalue weighted by Gasteiger charge is 2.59. The zero-order chi connectivity index (χ0) is 87.7. The summed E-state index contributed by atoms with van der Waals surface area (Å²) in [6.07, 6.45) is -10.4. The van der Waals surface area contributed by atoms with Crippen LogP contribution in [-0.4, -0.2) is 223 Å². The van der Waals surface area contributed by atoms with Crippen molar-refractivity contribution < 1.29 is 112 Å². The summed E-state index contributed by atoms with van der Waals surface area (Å²) in [7, 11) is -7.91. The highest BCUT2D eigenvalue weighted by atomic mass is 31.2. The molecule has 0 bridgehead atoms. The van der Waals surface area contributed by atoms with E-state index in [1.807, 2.05) is 0 Å². The van der Waals surface area contributed by atoms with Gasteiger partial charge in [-0.2, -0.15) is 35.2 Å². The van der Waals surface area contributed by atoms with Gasteiger partial charge in [0.25, 0.3) is 0 Å². The minimum Gasteiger partial charge on any atom is -0.462 e. The Morgan fingerprint density at radius 1 is 0.450 bits per heavy atom. The number of nitrogen functional groups attached to an aromatic ring is 2. The number of para-hydroxylation sites is 3. The molecule has 3 fully saturated rings. The summed E-state index contributed by atoms with van der Waals surface area (Å²) in [5.74, 6) is -0.0814. The molecule has 3 aliphatic rings. The second-order valence-corrected chi connectivity index (χ2v) is 34.3. The summed E-state index contributed by atoms with van der Waals surface area (Å²) in [6.45, 7) is 17.9. The third-order valence-corrected chi connectivity index (χ3v) is 23.3. The molecule has 18 atom stereocenters. The predicted molar refractivity (Wildman–Crippen MR) is 430 cm³/mol. The number of fused-ring (bicyclic) bond motifs is 3. The van der Waals surface area contributed by atoms with E-state index in [2.05, 4.69) is 76.1 Å². The highest BCUT2D eigenvalue weighted by Crippen LogP contribution is 2.52. The largest absolute Gasteiger partial charge is 0.462 e. The van der Waals surface area contributed by atoms with Crippen molar-refractivity contribution in [2.24, 2.45) is 0 Å². The van der Waals surface area contributed by atoms with Crippen molar-refractivity contribution in [1.82, 2.24) is 73.8 Å². The Bertz CT molecular complexity index is 4670. The number of halogens is 3. The zero-order valence-electron chi connectivity index (χ0n) is 68.4. The van der Waals surface area contributed by atoms with Gasteiger partial charge in [0.15, 0.2) is 86.6 Å². The lowest BCUT2D eigenvalue weighted by Crippen LogP contribution is -2.41. The zero-order valence-corrected chi connectivity index (χ0v) is 71.0. The van der Waals surface area contributed by atoms with Gasteiger partial charge in [0, 0.05) is 21.1 Å².